The van der Waals surface area contributed by atoms with Gasteiger partial charge in [0.1, 0.15) is 0 Å². The summed E-state index contributed by atoms with van der Waals surface area (Å²) in [6.07, 6.45) is 0.943. The molecule has 0 heterocycles. The molecule has 1 saturated carbocycles. The van der Waals surface area contributed by atoms with Crippen molar-refractivity contribution in [1.82, 2.24) is 0 Å². The van der Waals surface area contributed by atoms with Gasteiger partial charge in [-0.1, -0.05) is 15.9 Å². The Kier molecular flexibility index (Phi) is 2.11. The Morgan fingerprint density at radius 3 is 2.78 bits per heavy atom. The Morgan fingerprint density at radius 1 is 1.89 bits per heavy atom. The van der Waals surface area contributed by atoms with Crippen molar-refractivity contribution in [3.8, 4) is 0 Å². The molecule has 0 radical (unpaired) electrons. The van der Waals surface area contributed by atoms with Gasteiger partial charge >= 0.3 is 5.97 Å². The number of ether oxygens (including phenoxy) is 1. The maximum absolute atomic E-state index is 10.8. The smallest absolute Gasteiger partial charge is 0.310 e. The topological polar surface area (TPSA) is 26.3 Å². The molecule has 0 aromatic heterocycles. The molecule has 1 fully saturated rings. The number of hydrogen-bond donors (Lipinski definition) is 0. The molecule has 2 nitrogen and oxygen atoms in total. The highest BCUT2D eigenvalue weighted by Gasteiger charge is 2.42. The molecule has 0 spiro atoms. The second-order valence-corrected chi connectivity index (χ2v) is 3.29. The maximum atomic E-state index is 10.8. The largest absolute Gasteiger partial charge is 0.466 e. The van der Waals surface area contributed by atoms with Crippen LogP contribution >= 0.6 is 15.9 Å². The van der Waals surface area contributed by atoms with Gasteiger partial charge in [-0.15, -0.1) is 0 Å². The standard InChI is InChI=1S/C6H9BrO2/c1-2-9-6(8)4-3-5(4)7/h4-5H,2-3H2,1H3/t4-,5-/m0/s1. The average Bonchev–Trinajstić information content (AvgIpc) is 2.47. The molecule has 0 bridgehead atoms. The van der Waals surface area contributed by atoms with Crippen LogP contribution in [0.5, 0.6) is 0 Å². The second kappa shape index (κ2) is 2.69. The zero-order valence-corrected chi connectivity index (χ0v) is 6.85. The van der Waals surface area contributed by atoms with Crippen molar-refractivity contribution in [1.29, 1.82) is 0 Å². The minimum Gasteiger partial charge on any atom is -0.466 e. The van der Waals surface area contributed by atoms with Crippen LogP contribution in [0.1, 0.15) is 13.3 Å². The first kappa shape index (κ1) is 7.06. The third-order valence-electron chi connectivity index (χ3n) is 1.30. The summed E-state index contributed by atoms with van der Waals surface area (Å²) in [6, 6.07) is 0. The molecule has 1 aliphatic carbocycles. The molecule has 0 N–H and O–H groups in total. The number of rotatable bonds is 2. The quantitative estimate of drug-likeness (QED) is 0.488. The summed E-state index contributed by atoms with van der Waals surface area (Å²) < 4.78 is 4.77. The zero-order valence-electron chi connectivity index (χ0n) is 5.26. The lowest BCUT2D eigenvalue weighted by Gasteiger charge is -1.96. The average molecular weight is 193 g/mol. The molecule has 0 aliphatic heterocycles. The van der Waals surface area contributed by atoms with Crippen molar-refractivity contribution in [3.05, 3.63) is 0 Å². The lowest BCUT2D eigenvalue weighted by Crippen LogP contribution is -2.07. The SMILES string of the molecule is CCOC(=O)[C@H]1C[C@@H]1Br. The summed E-state index contributed by atoms with van der Waals surface area (Å²) in [5.41, 5.74) is 0. The highest BCUT2D eigenvalue weighted by molar-refractivity contribution is 9.09. The van der Waals surface area contributed by atoms with Gasteiger partial charge in [-0.2, -0.15) is 0 Å². The molecule has 52 valence electrons. The zero-order chi connectivity index (χ0) is 6.85. The lowest BCUT2D eigenvalue weighted by atomic mass is 10.4. The molecule has 0 saturated heterocycles. The van der Waals surface area contributed by atoms with Gasteiger partial charge in [0.15, 0.2) is 0 Å². The summed E-state index contributed by atoms with van der Waals surface area (Å²) in [6.45, 7) is 2.32. The van der Waals surface area contributed by atoms with Crippen molar-refractivity contribution < 1.29 is 9.53 Å². The number of alkyl halides is 1. The Labute approximate surface area is 62.7 Å². The molecule has 1 aliphatic rings. The van der Waals surface area contributed by atoms with Crippen molar-refractivity contribution >= 4 is 21.9 Å². The van der Waals surface area contributed by atoms with E-state index in [-0.39, 0.29) is 11.9 Å². The molecule has 0 aromatic rings. The van der Waals surface area contributed by atoms with E-state index in [2.05, 4.69) is 15.9 Å². The Hall–Kier alpha value is -0.0500. The molecule has 2 atom stereocenters. The van der Waals surface area contributed by atoms with E-state index in [4.69, 9.17) is 4.74 Å². The fourth-order valence-electron chi connectivity index (χ4n) is 0.657. The van der Waals surface area contributed by atoms with Crippen molar-refractivity contribution in [2.75, 3.05) is 6.61 Å². The van der Waals surface area contributed by atoms with Gasteiger partial charge in [-0.25, -0.2) is 0 Å². The van der Waals surface area contributed by atoms with Gasteiger partial charge in [0.05, 0.1) is 12.5 Å². The first-order valence-electron chi connectivity index (χ1n) is 3.06. The predicted molar refractivity (Wildman–Crippen MR) is 37.5 cm³/mol. The van der Waals surface area contributed by atoms with Crippen molar-refractivity contribution in [2.24, 2.45) is 5.92 Å². The second-order valence-electron chi connectivity index (χ2n) is 2.11. The number of hydrogen-bond acceptors (Lipinski definition) is 2. The van der Waals surface area contributed by atoms with Crippen LogP contribution in [0.3, 0.4) is 0 Å². The fourth-order valence-corrected chi connectivity index (χ4v) is 1.28. The van der Waals surface area contributed by atoms with Crippen LogP contribution in [-0.2, 0) is 9.53 Å². The number of halogens is 1. The third-order valence-corrected chi connectivity index (χ3v) is 2.31. The van der Waals surface area contributed by atoms with E-state index in [1.54, 1.807) is 0 Å². The summed E-state index contributed by atoms with van der Waals surface area (Å²) in [5, 5.41) is 0. The monoisotopic (exact) mass is 192 g/mol. The highest BCUT2D eigenvalue weighted by Crippen LogP contribution is 2.38. The summed E-state index contributed by atoms with van der Waals surface area (Å²) >= 11 is 3.32. The Bertz CT molecular complexity index is 124. The van der Waals surface area contributed by atoms with E-state index in [0.717, 1.165) is 6.42 Å². The van der Waals surface area contributed by atoms with Gasteiger partial charge in [-0.3, -0.25) is 4.79 Å². The minimum atomic E-state index is -0.0561. The summed E-state index contributed by atoms with van der Waals surface area (Å²) in [7, 11) is 0. The number of carbonyl (C=O) groups is 1. The summed E-state index contributed by atoms with van der Waals surface area (Å²) in [5.74, 6) is 0.0873. The third kappa shape index (κ3) is 1.68. The van der Waals surface area contributed by atoms with Gasteiger partial charge in [0.2, 0.25) is 0 Å². The first-order chi connectivity index (χ1) is 4.25. The van der Waals surface area contributed by atoms with Crippen molar-refractivity contribution in [2.45, 2.75) is 18.2 Å². The van der Waals surface area contributed by atoms with Crippen LogP contribution in [0.2, 0.25) is 0 Å². The van der Waals surface area contributed by atoms with E-state index in [0.29, 0.717) is 11.4 Å². The Morgan fingerprint density at radius 2 is 2.44 bits per heavy atom. The molecule has 0 unspecified atom stereocenters. The van der Waals surface area contributed by atoms with Crippen LogP contribution in [0.15, 0.2) is 0 Å². The van der Waals surface area contributed by atoms with E-state index in [1.807, 2.05) is 6.92 Å². The fraction of sp³-hybridized carbons (Fsp3) is 0.833. The molecular weight excluding hydrogens is 184 g/mol. The van der Waals surface area contributed by atoms with E-state index in [1.165, 1.54) is 0 Å². The van der Waals surface area contributed by atoms with Crippen LogP contribution in [0.4, 0.5) is 0 Å². The number of carbonyl (C=O) groups excluding carboxylic acids is 1. The Balaban J connectivity index is 2.20. The van der Waals surface area contributed by atoms with Gasteiger partial charge < -0.3 is 4.74 Å². The van der Waals surface area contributed by atoms with E-state index in [9.17, 15) is 4.79 Å². The molecule has 0 aromatic carbocycles. The van der Waals surface area contributed by atoms with Crippen molar-refractivity contribution in [3.63, 3.8) is 0 Å². The van der Waals surface area contributed by atoms with Gasteiger partial charge in [0, 0.05) is 4.83 Å². The van der Waals surface area contributed by atoms with Gasteiger partial charge in [0.25, 0.3) is 0 Å². The lowest BCUT2D eigenvalue weighted by molar-refractivity contribution is -0.144. The molecule has 3 heteroatoms. The van der Waals surface area contributed by atoms with E-state index < -0.39 is 0 Å². The maximum Gasteiger partial charge on any atom is 0.310 e. The normalized spacial score (nSPS) is 31.8. The first-order valence-corrected chi connectivity index (χ1v) is 3.98. The summed E-state index contributed by atoms with van der Waals surface area (Å²) in [4.78, 5) is 11.1. The van der Waals surface area contributed by atoms with Crippen LogP contribution in [-0.4, -0.2) is 17.4 Å². The predicted octanol–water partition coefficient (Wildman–Crippen LogP) is 1.33. The molecule has 0 amide bonds. The highest BCUT2D eigenvalue weighted by atomic mass is 79.9. The van der Waals surface area contributed by atoms with E-state index >= 15 is 0 Å². The number of esters is 1. The molecule has 1 rings (SSSR count). The minimum absolute atomic E-state index is 0.0561. The molecular formula is C6H9BrO2. The van der Waals surface area contributed by atoms with Crippen LogP contribution in [0, 0.1) is 5.92 Å². The van der Waals surface area contributed by atoms with Crippen LogP contribution in [0.25, 0.3) is 0 Å². The molecule has 9 heavy (non-hydrogen) atoms. The van der Waals surface area contributed by atoms with Crippen LogP contribution < -0.4 is 0 Å². The van der Waals surface area contributed by atoms with Gasteiger partial charge in [-0.05, 0) is 13.3 Å².